The first kappa shape index (κ1) is 12.4. The lowest BCUT2D eigenvalue weighted by Gasteiger charge is -2.27. The summed E-state index contributed by atoms with van der Waals surface area (Å²) in [7, 11) is 0. The van der Waals surface area contributed by atoms with Crippen molar-refractivity contribution >= 4 is 0 Å². The fourth-order valence-corrected chi connectivity index (χ4v) is 2.13. The van der Waals surface area contributed by atoms with Crippen LogP contribution in [0.25, 0.3) is 0 Å². The molecule has 1 unspecified atom stereocenters. The molecular weight excluding hydrogens is 219 g/mol. The molecule has 1 aliphatic carbocycles. The van der Waals surface area contributed by atoms with E-state index in [0.717, 1.165) is 12.8 Å². The fraction of sp³-hybridized carbons (Fsp3) is 0.571. The Balaban J connectivity index is 2.37. The zero-order chi connectivity index (χ0) is 12.6. The lowest BCUT2D eigenvalue weighted by molar-refractivity contribution is 0.0290. The van der Waals surface area contributed by atoms with Crippen molar-refractivity contribution in [3.8, 4) is 5.75 Å². The van der Waals surface area contributed by atoms with E-state index in [1.807, 2.05) is 13.8 Å². The van der Waals surface area contributed by atoms with Gasteiger partial charge in [0.15, 0.2) is 0 Å². The van der Waals surface area contributed by atoms with Crippen LogP contribution in [0.2, 0.25) is 0 Å². The predicted octanol–water partition coefficient (Wildman–Crippen LogP) is 3.23. The zero-order valence-corrected chi connectivity index (χ0v) is 10.5. The minimum atomic E-state index is -0.919. The minimum Gasteiger partial charge on any atom is -0.491 e. The number of ether oxygens (including phenoxy) is 1. The average molecular weight is 238 g/mol. The molecule has 0 saturated heterocycles. The van der Waals surface area contributed by atoms with Crippen molar-refractivity contribution < 1.29 is 14.2 Å². The summed E-state index contributed by atoms with van der Waals surface area (Å²) >= 11 is 0. The van der Waals surface area contributed by atoms with E-state index in [0.29, 0.717) is 11.3 Å². The van der Waals surface area contributed by atoms with Gasteiger partial charge in [0.25, 0.3) is 0 Å². The first-order valence-corrected chi connectivity index (χ1v) is 6.10. The van der Waals surface area contributed by atoms with Crippen LogP contribution in [0.4, 0.5) is 4.39 Å². The van der Waals surface area contributed by atoms with Crippen molar-refractivity contribution in [1.82, 2.24) is 0 Å². The number of benzene rings is 1. The predicted molar refractivity (Wildman–Crippen MR) is 64.5 cm³/mol. The van der Waals surface area contributed by atoms with Gasteiger partial charge in [0.1, 0.15) is 11.6 Å². The molecule has 0 aliphatic heterocycles. The lowest BCUT2D eigenvalue weighted by Crippen LogP contribution is -2.25. The van der Waals surface area contributed by atoms with Gasteiger partial charge in [-0.1, -0.05) is 0 Å². The van der Waals surface area contributed by atoms with E-state index < -0.39 is 5.60 Å². The normalized spacial score (nSPS) is 19.2. The van der Waals surface area contributed by atoms with Crippen molar-refractivity contribution in [3.05, 3.63) is 29.6 Å². The van der Waals surface area contributed by atoms with Crippen LogP contribution in [0.5, 0.6) is 5.75 Å². The Bertz CT molecular complexity index is 409. The van der Waals surface area contributed by atoms with E-state index in [2.05, 4.69) is 0 Å². The topological polar surface area (TPSA) is 29.5 Å². The Hall–Kier alpha value is -1.09. The zero-order valence-electron chi connectivity index (χ0n) is 10.5. The number of halogens is 1. The van der Waals surface area contributed by atoms with Crippen LogP contribution in [-0.2, 0) is 5.60 Å². The number of hydrogen-bond donors (Lipinski definition) is 1. The second-order valence-electron chi connectivity index (χ2n) is 5.23. The van der Waals surface area contributed by atoms with Crippen molar-refractivity contribution in [2.45, 2.75) is 45.3 Å². The van der Waals surface area contributed by atoms with Crippen molar-refractivity contribution in [1.29, 1.82) is 0 Å². The summed E-state index contributed by atoms with van der Waals surface area (Å²) in [6, 6.07) is 4.36. The van der Waals surface area contributed by atoms with Gasteiger partial charge in [-0.25, -0.2) is 4.39 Å². The second kappa shape index (κ2) is 4.30. The highest BCUT2D eigenvalue weighted by Gasteiger charge is 2.42. The van der Waals surface area contributed by atoms with E-state index in [1.54, 1.807) is 13.0 Å². The standard InChI is InChI=1S/C14H19FO2/c1-9(2)17-13-8-11(15)6-7-12(13)14(3,16)10-4-5-10/h6-10,16H,4-5H2,1-3H3. The summed E-state index contributed by atoms with van der Waals surface area (Å²) in [5.74, 6) is 0.385. The Morgan fingerprint density at radius 1 is 1.41 bits per heavy atom. The first-order chi connectivity index (χ1) is 7.91. The second-order valence-corrected chi connectivity index (χ2v) is 5.23. The maximum atomic E-state index is 13.2. The quantitative estimate of drug-likeness (QED) is 0.872. The molecule has 3 heteroatoms. The van der Waals surface area contributed by atoms with Gasteiger partial charge in [0.05, 0.1) is 11.7 Å². The number of rotatable bonds is 4. The third kappa shape index (κ3) is 2.60. The molecule has 2 rings (SSSR count). The van der Waals surface area contributed by atoms with Gasteiger partial charge in [-0.15, -0.1) is 0 Å². The van der Waals surface area contributed by atoms with Crippen LogP contribution in [0.3, 0.4) is 0 Å². The van der Waals surface area contributed by atoms with Gasteiger partial charge in [0.2, 0.25) is 0 Å². The Labute approximate surface area is 101 Å². The van der Waals surface area contributed by atoms with E-state index in [4.69, 9.17) is 4.74 Å². The smallest absolute Gasteiger partial charge is 0.128 e. The fourth-order valence-electron chi connectivity index (χ4n) is 2.13. The van der Waals surface area contributed by atoms with Crippen LogP contribution in [0, 0.1) is 11.7 Å². The van der Waals surface area contributed by atoms with Crippen LogP contribution in [-0.4, -0.2) is 11.2 Å². The summed E-state index contributed by atoms with van der Waals surface area (Å²) in [6.07, 6.45) is 2.00. The molecule has 0 radical (unpaired) electrons. The highest BCUT2D eigenvalue weighted by Crippen LogP contribution is 2.48. The monoisotopic (exact) mass is 238 g/mol. The molecule has 0 heterocycles. The summed E-state index contributed by atoms with van der Waals surface area (Å²) in [5.41, 5.74) is -0.229. The molecule has 1 atom stereocenters. The van der Waals surface area contributed by atoms with E-state index in [9.17, 15) is 9.50 Å². The molecule has 1 N–H and O–H groups in total. The van der Waals surface area contributed by atoms with E-state index in [-0.39, 0.29) is 17.8 Å². The third-order valence-corrected chi connectivity index (χ3v) is 3.22. The van der Waals surface area contributed by atoms with Crippen LogP contribution < -0.4 is 4.74 Å². The van der Waals surface area contributed by atoms with Gasteiger partial charge in [-0.3, -0.25) is 0 Å². The van der Waals surface area contributed by atoms with E-state index >= 15 is 0 Å². The molecule has 94 valence electrons. The summed E-state index contributed by atoms with van der Waals surface area (Å²) in [6.45, 7) is 5.56. The summed E-state index contributed by atoms with van der Waals surface area (Å²) in [4.78, 5) is 0. The molecule has 1 saturated carbocycles. The van der Waals surface area contributed by atoms with Crippen LogP contribution in [0.1, 0.15) is 39.2 Å². The largest absolute Gasteiger partial charge is 0.491 e. The number of aliphatic hydroxyl groups is 1. The SMILES string of the molecule is CC(C)Oc1cc(F)ccc1C(C)(O)C1CC1. The summed E-state index contributed by atoms with van der Waals surface area (Å²) < 4.78 is 18.8. The van der Waals surface area contributed by atoms with Gasteiger partial charge in [-0.2, -0.15) is 0 Å². The molecule has 1 aliphatic rings. The Morgan fingerprint density at radius 3 is 2.59 bits per heavy atom. The van der Waals surface area contributed by atoms with Gasteiger partial charge in [-0.05, 0) is 51.7 Å². The first-order valence-electron chi connectivity index (χ1n) is 6.10. The van der Waals surface area contributed by atoms with Gasteiger partial charge >= 0.3 is 0 Å². The minimum absolute atomic E-state index is 0.0365. The summed E-state index contributed by atoms with van der Waals surface area (Å²) in [5, 5.41) is 10.5. The maximum Gasteiger partial charge on any atom is 0.128 e. The molecule has 17 heavy (non-hydrogen) atoms. The Morgan fingerprint density at radius 2 is 2.06 bits per heavy atom. The number of hydrogen-bond acceptors (Lipinski definition) is 2. The maximum absolute atomic E-state index is 13.2. The molecule has 1 aromatic carbocycles. The lowest BCUT2D eigenvalue weighted by atomic mass is 9.90. The van der Waals surface area contributed by atoms with Crippen molar-refractivity contribution in [2.75, 3.05) is 0 Å². The highest BCUT2D eigenvalue weighted by molar-refractivity contribution is 5.39. The van der Waals surface area contributed by atoms with Crippen molar-refractivity contribution in [2.24, 2.45) is 5.92 Å². The molecule has 0 bridgehead atoms. The van der Waals surface area contributed by atoms with Gasteiger partial charge in [0, 0.05) is 11.6 Å². The van der Waals surface area contributed by atoms with Crippen LogP contribution >= 0.6 is 0 Å². The highest BCUT2D eigenvalue weighted by atomic mass is 19.1. The molecule has 0 spiro atoms. The van der Waals surface area contributed by atoms with Crippen LogP contribution in [0.15, 0.2) is 18.2 Å². The molecular formula is C14H19FO2. The molecule has 1 aromatic rings. The molecule has 2 nitrogen and oxygen atoms in total. The molecule has 0 aromatic heterocycles. The molecule has 0 amide bonds. The van der Waals surface area contributed by atoms with Crippen molar-refractivity contribution in [3.63, 3.8) is 0 Å². The van der Waals surface area contributed by atoms with Gasteiger partial charge < -0.3 is 9.84 Å². The average Bonchev–Trinajstić information content (AvgIpc) is 2.98. The Kier molecular flexibility index (Phi) is 3.13. The third-order valence-electron chi connectivity index (χ3n) is 3.22. The molecule has 1 fully saturated rings. The van der Waals surface area contributed by atoms with E-state index in [1.165, 1.54) is 12.1 Å².